The number of nitrogens with zero attached hydrogens (tertiary/aromatic N) is 3. The van der Waals surface area contributed by atoms with Crippen molar-refractivity contribution in [3.8, 4) is 0 Å². The zero-order valence-electron chi connectivity index (χ0n) is 11.3. The monoisotopic (exact) mass is 242 g/mol. The Morgan fingerprint density at radius 2 is 2.00 bits per heavy atom. The highest BCUT2D eigenvalue weighted by atomic mass is 15.0. The van der Waals surface area contributed by atoms with Gasteiger partial charge >= 0.3 is 0 Å². The first-order chi connectivity index (χ1) is 8.39. The summed E-state index contributed by atoms with van der Waals surface area (Å²) in [6, 6.07) is 3.92. The van der Waals surface area contributed by atoms with Crippen LogP contribution in [0.25, 0.3) is 10.8 Å². The second-order valence-corrected chi connectivity index (χ2v) is 5.41. The van der Waals surface area contributed by atoms with Gasteiger partial charge in [-0.25, -0.2) is 15.0 Å². The van der Waals surface area contributed by atoms with E-state index < -0.39 is 0 Å². The van der Waals surface area contributed by atoms with E-state index in [0.29, 0.717) is 5.82 Å². The number of pyridine rings is 2. The van der Waals surface area contributed by atoms with Crippen LogP contribution in [0.1, 0.15) is 26.5 Å². The van der Waals surface area contributed by atoms with Gasteiger partial charge in [0.2, 0.25) is 0 Å². The number of anilines is 1. The number of aromatic nitrogens is 2. The average Bonchev–Trinajstić information content (AvgIpc) is 2.26. The maximum Gasteiger partial charge on any atom is 0.151 e. The molecule has 4 heteroatoms. The predicted octanol–water partition coefficient (Wildman–Crippen LogP) is 3.48. The Kier molecular flexibility index (Phi) is 3.03. The van der Waals surface area contributed by atoms with Crippen LogP contribution in [0.2, 0.25) is 0 Å². The van der Waals surface area contributed by atoms with Crippen LogP contribution < -0.4 is 5.32 Å². The maximum absolute atomic E-state index is 4.56. The number of aryl methyl sites for hydroxylation is 1. The van der Waals surface area contributed by atoms with E-state index >= 15 is 0 Å². The second-order valence-electron chi connectivity index (χ2n) is 5.41. The molecule has 4 nitrogen and oxygen atoms in total. The highest BCUT2D eigenvalue weighted by Gasteiger charge is 2.13. The van der Waals surface area contributed by atoms with E-state index in [-0.39, 0.29) is 5.54 Å². The van der Waals surface area contributed by atoms with E-state index in [9.17, 15) is 0 Å². The van der Waals surface area contributed by atoms with Crippen molar-refractivity contribution in [2.24, 2.45) is 4.99 Å². The number of aliphatic imine (C=N–C) groups is 1. The first kappa shape index (κ1) is 12.5. The van der Waals surface area contributed by atoms with Gasteiger partial charge in [0.05, 0.1) is 0 Å². The molecule has 0 saturated carbocycles. The SMILES string of the molecule is C=Nc1cc2c(NC(C)(C)C)nc(C)cc2cn1. The van der Waals surface area contributed by atoms with Crippen LogP contribution >= 0.6 is 0 Å². The third-order valence-electron chi connectivity index (χ3n) is 2.48. The van der Waals surface area contributed by atoms with Crippen molar-refractivity contribution in [3.05, 3.63) is 24.0 Å². The predicted molar refractivity (Wildman–Crippen MR) is 76.9 cm³/mol. The molecular formula is C14H18N4. The molecule has 0 aromatic carbocycles. The lowest BCUT2D eigenvalue weighted by Crippen LogP contribution is -2.26. The Morgan fingerprint density at radius 1 is 1.28 bits per heavy atom. The van der Waals surface area contributed by atoms with Crippen LogP contribution in [0.4, 0.5) is 11.6 Å². The zero-order valence-corrected chi connectivity index (χ0v) is 11.3. The van der Waals surface area contributed by atoms with Crippen molar-refractivity contribution in [1.29, 1.82) is 0 Å². The number of nitrogens with one attached hydrogen (secondary N) is 1. The average molecular weight is 242 g/mol. The van der Waals surface area contributed by atoms with Crippen molar-refractivity contribution in [1.82, 2.24) is 9.97 Å². The summed E-state index contributed by atoms with van der Waals surface area (Å²) >= 11 is 0. The molecule has 94 valence electrons. The molecule has 0 aliphatic heterocycles. The molecule has 0 amide bonds. The Labute approximate surface area is 107 Å². The summed E-state index contributed by atoms with van der Waals surface area (Å²) in [5, 5.41) is 5.49. The van der Waals surface area contributed by atoms with Gasteiger partial charge in [0.25, 0.3) is 0 Å². The largest absolute Gasteiger partial charge is 0.365 e. The van der Waals surface area contributed by atoms with E-state index in [1.807, 2.05) is 25.3 Å². The lowest BCUT2D eigenvalue weighted by molar-refractivity contribution is 0.631. The van der Waals surface area contributed by atoms with Crippen molar-refractivity contribution in [3.63, 3.8) is 0 Å². The second kappa shape index (κ2) is 4.37. The van der Waals surface area contributed by atoms with Crippen molar-refractivity contribution in [2.75, 3.05) is 5.32 Å². The van der Waals surface area contributed by atoms with Crippen molar-refractivity contribution >= 4 is 29.1 Å². The van der Waals surface area contributed by atoms with E-state index in [4.69, 9.17) is 0 Å². The van der Waals surface area contributed by atoms with Gasteiger partial charge in [0.15, 0.2) is 5.82 Å². The first-order valence-corrected chi connectivity index (χ1v) is 5.91. The zero-order chi connectivity index (χ0) is 13.3. The lowest BCUT2D eigenvalue weighted by atomic mass is 10.1. The molecule has 0 radical (unpaired) electrons. The van der Waals surface area contributed by atoms with E-state index in [1.54, 1.807) is 0 Å². The van der Waals surface area contributed by atoms with E-state index in [2.05, 4.69) is 47.8 Å². The van der Waals surface area contributed by atoms with E-state index in [0.717, 1.165) is 22.3 Å². The molecule has 0 aliphatic carbocycles. The number of hydrogen-bond acceptors (Lipinski definition) is 4. The third-order valence-corrected chi connectivity index (χ3v) is 2.48. The van der Waals surface area contributed by atoms with Gasteiger partial charge in [-0.1, -0.05) is 0 Å². The van der Waals surface area contributed by atoms with Gasteiger partial charge in [-0.05, 0) is 46.5 Å². The number of fused-ring (bicyclic) bond motifs is 1. The highest BCUT2D eigenvalue weighted by molar-refractivity contribution is 5.93. The molecular weight excluding hydrogens is 224 g/mol. The summed E-state index contributed by atoms with van der Waals surface area (Å²) < 4.78 is 0. The minimum absolute atomic E-state index is 0.0429. The third kappa shape index (κ3) is 2.64. The molecule has 2 aromatic heterocycles. The maximum atomic E-state index is 4.56. The van der Waals surface area contributed by atoms with Crippen LogP contribution in [-0.4, -0.2) is 22.2 Å². The van der Waals surface area contributed by atoms with Gasteiger partial charge in [-0.15, -0.1) is 0 Å². The van der Waals surface area contributed by atoms with Gasteiger partial charge < -0.3 is 5.32 Å². The summed E-state index contributed by atoms with van der Waals surface area (Å²) in [5.41, 5.74) is 0.925. The molecule has 18 heavy (non-hydrogen) atoms. The molecule has 2 aromatic rings. The molecule has 0 unspecified atom stereocenters. The van der Waals surface area contributed by atoms with Crippen molar-refractivity contribution < 1.29 is 0 Å². The Hall–Kier alpha value is -1.97. The fourth-order valence-electron chi connectivity index (χ4n) is 1.81. The van der Waals surface area contributed by atoms with Gasteiger partial charge in [-0.2, -0.15) is 0 Å². The molecule has 0 atom stereocenters. The molecule has 0 spiro atoms. The lowest BCUT2D eigenvalue weighted by Gasteiger charge is -2.22. The van der Waals surface area contributed by atoms with E-state index in [1.165, 1.54) is 0 Å². The van der Waals surface area contributed by atoms with Crippen LogP contribution in [0.15, 0.2) is 23.3 Å². The summed E-state index contributed by atoms with van der Waals surface area (Å²) in [6.07, 6.45) is 1.81. The topological polar surface area (TPSA) is 50.2 Å². The minimum atomic E-state index is -0.0429. The quantitative estimate of drug-likeness (QED) is 0.820. The summed E-state index contributed by atoms with van der Waals surface area (Å²) in [5.74, 6) is 1.48. The number of rotatable bonds is 2. The molecule has 0 bridgehead atoms. The van der Waals surface area contributed by atoms with Crippen LogP contribution in [0.3, 0.4) is 0 Å². The molecule has 0 aliphatic rings. The first-order valence-electron chi connectivity index (χ1n) is 5.91. The molecule has 2 heterocycles. The van der Waals surface area contributed by atoms with Crippen LogP contribution in [0.5, 0.6) is 0 Å². The molecule has 1 N–H and O–H groups in total. The number of hydrogen-bond donors (Lipinski definition) is 1. The van der Waals surface area contributed by atoms with Crippen molar-refractivity contribution in [2.45, 2.75) is 33.2 Å². The Bertz CT molecular complexity index is 597. The molecule has 2 rings (SSSR count). The fraction of sp³-hybridized carbons (Fsp3) is 0.357. The standard InChI is InChI=1S/C14H18N4/c1-9-6-10-8-16-12(15-5)7-11(10)13(17-9)18-14(2,3)4/h6-8H,5H2,1-4H3,(H,17,18). The fourth-order valence-corrected chi connectivity index (χ4v) is 1.81. The van der Waals surface area contributed by atoms with Gasteiger partial charge in [-0.3, -0.25) is 0 Å². The Balaban J connectivity index is 2.65. The highest BCUT2D eigenvalue weighted by Crippen LogP contribution is 2.27. The minimum Gasteiger partial charge on any atom is -0.365 e. The summed E-state index contributed by atoms with van der Waals surface area (Å²) in [7, 11) is 0. The normalized spacial score (nSPS) is 11.6. The summed E-state index contributed by atoms with van der Waals surface area (Å²) in [6.45, 7) is 11.8. The van der Waals surface area contributed by atoms with Gasteiger partial charge in [0, 0.05) is 28.2 Å². The van der Waals surface area contributed by atoms with Crippen LogP contribution in [0, 0.1) is 6.92 Å². The van der Waals surface area contributed by atoms with Gasteiger partial charge in [0.1, 0.15) is 5.82 Å². The molecule has 0 fully saturated rings. The smallest absolute Gasteiger partial charge is 0.151 e. The molecule has 0 saturated heterocycles. The Morgan fingerprint density at radius 3 is 2.61 bits per heavy atom. The van der Waals surface area contributed by atoms with Crippen LogP contribution in [-0.2, 0) is 0 Å². The summed E-state index contributed by atoms with van der Waals surface area (Å²) in [4.78, 5) is 12.6.